The van der Waals surface area contributed by atoms with Gasteiger partial charge >= 0.3 is 0 Å². The van der Waals surface area contributed by atoms with Crippen LogP contribution in [-0.2, 0) is 4.74 Å². The van der Waals surface area contributed by atoms with E-state index in [0.717, 1.165) is 36.2 Å². The van der Waals surface area contributed by atoms with Crippen LogP contribution in [-0.4, -0.2) is 28.2 Å². The zero-order chi connectivity index (χ0) is 18.5. The Morgan fingerprint density at radius 3 is 2.28 bits per heavy atom. The maximum absolute atomic E-state index is 6.13. The summed E-state index contributed by atoms with van der Waals surface area (Å²) in [4.78, 5) is 12.9. The van der Waals surface area contributed by atoms with Crippen LogP contribution < -0.4 is 0 Å². The van der Waals surface area contributed by atoms with Crippen molar-refractivity contribution in [3.05, 3.63) is 53.8 Å². The number of benzene rings is 1. The normalized spacial score (nSPS) is 9.64. The fraction of sp³-hybridized carbons (Fsp3) is 0.350. The van der Waals surface area contributed by atoms with Gasteiger partial charge < -0.3 is 4.74 Å². The molecule has 0 aliphatic rings. The average Bonchev–Trinajstić information content (AvgIpc) is 2.69. The molecule has 0 radical (unpaired) electrons. The highest BCUT2D eigenvalue weighted by atomic mass is 35.5. The van der Waals surface area contributed by atoms with Crippen LogP contribution in [0.4, 0.5) is 0 Å². The highest BCUT2D eigenvalue weighted by Crippen LogP contribution is 2.23. The zero-order valence-electron chi connectivity index (χ0n) is 15.4. The van der Waals surface area contributed by atoms with Crippen LogP contribution >= 0.6 is 11.6 Å². The molecule has 1 aromatic carbocycles. The van der Waals surface area contributed by atoms with E-state index in [2.05, 4.69) is 21.9 Å². The van der Waals surface area contributed by atoms with Crippen LogP contribution in [0.25, 0.3) is 22.4 Å². The molecule has 3 rings (SSSR count). The number of aromatic nitrogens is 3. The van der Waals surface area contributed by atoms with E-state index >= 15 is 0 Å². The van der Waals surface area contributed by atoms with E-state index in [1.807, 2.05) is 63.2 Å². The molecule has 0 amide bonds. The van der Waals surface area contributed by atoms with Gasteiger partial charge in [0.15, 0.2) is 5.82 Å². The van der Waals surface area contributed by atoms with Crippen molar-refractivity contribution in [2.24, 2.45) is 0 Å². The van der Waals surface area contributed by atoms with Crippen LogP contribution in [0, 0.1) is 0 Å². The number of nitrogens with zero attached hydrogens (tertiary/aromatic N) is 3. The number of fused-ring (bicyclic) bond motifs is 1. The highest BCUT2D eigenvalue weighted by molar-refractivity contribution is 6.34. The van der Waals surface area contributed by atoms with Crippen LogP contribution in [0.1, 0.15) is 34.1 Å². The monoisotopic (exact) mass is 359 g/mol. The van der Waals surface area contributed by atoms with Gasteiger partial charge in [-0.05, 0) is 37.6 Å². The van der Waals surface area contributed by atoms with Gasteiger partial charge in [-0.15, -0.1) is 0 Å². The Kier molecular flexibility index (Phi) is 10.4. The Hall–Kier alpha value is -2.04. The molecule has 0 bridgehead atoms. The first kappa shape index (κ1) is 21.0. The molecule has 0 N–H and O–H groups in total. The molecule has 0 atom stereocenters. The lowest BCUT2D eigenvalue weighted by Gasteiger charge is -2.03. The third-order valence-electron chi connectivity index (χ3n) is 3.00. The molecule has 4 nitrogen and oxygen atoms in total. The lowest BCUT2D eigenvalue weighted by molar-refractivity contribution is 0.148. The molecule has 25 heavy (non-hydrogen) atoms. The van der Waals surface area contributed by atoms with Crippen molar-refractivity contribution in [1.29, 1.82) is 0 Å². The first-order valence-electron chi connectivity index (χ1n) is 8.67. The van der Waals surface area contributed by atoms with E-state index in [9.17, 15) is 0 Å². The fourth-order valence-electron chi connectivity index (χ4n) is 1.94. The SMILES string of the molecule is CC.CCCOCC.Clc1nc(-c2ccccn2)nc2ccccc12. The summed E-state index contributed by atoms with van der Waals surface area (Å²) in [5, 5.41) is 1.31. The van der Waals surface area contributed by atoms with Gasteiger partial charge in [0.1, 0.15) is 10.8 Å². The van der Waals surface area contributed by atoms with Gasteiger partial charge in [-0.3, -0.25) is 4.98 Å². The summed E-state index contributed by atoms with van der Waals surface area (Å²) < 4.78 is 4.98. The molecule has 0 aliphatic carbocycles. The van der Waals surface area contributed by atoms with Gasteiger partial charge in [0, 0.05) is 24.8 Å². The second kappa shape index (κ2) is 12.3. The van der Waals surface area contributed by atoms with E-state index in [1.165, 1.54) is 0 Å². The number of ether oxygens (including phenoxy) is 1. The first-order chi connectivity index (χ1) is 12.3. The van der Waals surface area contributed by atoms with Crippen molar-refractivity contribution >= 4 is 22.5 Å². The molecule has 134 valence electrons. The van der Waals surface area contributed by atoms with Crippen molar-refractivity contribution < 1.29 is 4.74 Å². The average molecular weight is 360 g/mol. The Labute approximate surface area is 155 Å². The lowest BCUT2D eigenvalue weighted by Crippen LogP contribution is -1.93. The molecule has 0 unspecified atom stereocenters. The number of hydrogen-bond donors (Lipinski definition) is 0. The Bertz CT molecular complexity index is 731. The van der Waals surface area contributed by atoms with Crippen LogP contribution in [0.2, 0.25) is 5.15 Å². The van der Waals surface area contributed by atoms with Crippen LogP contribution in [0.3, 0.4) is 0 Å². The fourth-order valence-corrected chi connectivity index (χ4v) is 2.18. The quantitative estimate of drug-likeness (QED) is 0.436. The zero-order valence-corrected chi connectivity index (χ0v) is 16.1. The first-order valence-corrected chi connectivity index (χ1v) is 9.05. The second-order valence-corrected chi connectivity index (χ2v) is 5.13. The molecular formula is C20H26ClN3O. The van der Waals surface area contributed by atoms with Gasteiger partial charge in [-0.25, -0.2) is 9.97 Å². The highest BCUT2D eigenvalue weighted by Gasteiger charge is 2.07. The minimum Gasteiger partial charge on any atom is -0.382 e. The Balaban J connectivity index is 0.000000335. The van der Waals surface area contributed by atoms with Gasteiger partial charge in [-0.1, -0.05) is 50.6 Å². The molecule has 0 aliphatic heterocycles. The minimum atomic E-state index is 0.455. The number of hydrogen-bond acceptors (Lipinski definition) is 4. The molecule has 0 spiro atoms. The molecule has 2 heterocycles. The topological polar surface area (TPSA) is 47.9 Å². The standard InChI is InChI=1S/C13H8ClN3.C5H12O.C2H6/c14-12-9-5-1-2-6-10(9)16-13(17-12)11-7-3-4-8-15-11;1-3-5-6-4-2;1-2/h1-8H;3-5H2,1-2H3;1-2H3. The van der Waals surface area contributed by atoms with Gasteiger partial charge in [0.05, 0.1) is 5.52 Å². The van der Waals surface area contributed by atoms with Gasteiger partial charge in [0.2, 0.25) is 0 Å². The summed E-state index contributed by atoms with van der Waals surface area (Å²) in [5.74, 6) is 0.550. The predicted molar refractivity (Wildman–Crippen MR) is 106 cm³/mol. The van der Waals surface area contributed by atoms with Crippen LogP contribution in [0.15, 0.2) is 48.7 Å². The van der Waals surface area contributed by atoms with Crippen molar-refractivity contribution in [3.63, 3.8) is 0 Å². The number of para-hydroxylation sites is 1. The Morgan fingerprint density at radius 2 is 1.68 bits per heavy atom. The van der Waals surface area contributed by atoms with Crippen molar-refractivity contribution in [2.45, 2.75) is 34.1 Å². The minimum absolute atomic E-state index is 0.455. The molecular weight excluding hydrogens is 334 g/mol. The summed E-state index contributed by atoms with van der Waals surface area (Å²) in [6, 6.07) is 13.3. The number of halogens is 1. The van der Waals surface area contributed by atoms with E-state index < -0.39 is 0 Å². The molecule has 0 saturated heterocycles. The van der Waals surface area contributed by atoms with Gasteiger partial charge in [0.25, 0.3) is 0 Å². The molecule has 3 aromatic rings. The second-order valence-electron chi connectivity index (χ2n) is 4.77. The van der Waals surface area contributed by atoms with E-state index in [0.29, 0.717) is 11.0 Å². The summed E-state index contributed by atoms with van der Waals surface area (Å²) >= 11 is 6.13. The van der Waals surface area contributed by atoms with E-state index in [4.69, 9.17) is 16.3 Å². The summed E-state index contributed by atoms with van der Waals surface area (Å²) in [7, 11) is 0. The maximum atomic E-state index is 6.13. The van der Waals surface area contributed by atoms with E-state index in [-0.39, 0.29) is 0 Å². The molecule has 0 saturated carbocycles. The lowest BCUT2D eigenvalue weighted by atomic mass is 10.2. The Morgan fingerprint density at radius 1 is 0.960 bits per heavy atom. The smallest absolute Gasteiger partial charge is 0.180 e. The third kappa shape index (κ3) is 6.77. The molecule has 2 aromatic heterocycles. The van der Waals surface area contributed by atoms with Crippen molar-refractivity contribution in [3.8, 4) is 11.5 Å². The van der Waals surface area contributed by atoms with Crippen molar-refractivity contribution in [1.82, 2.24) is 15.0 Å². The maximum Gasteiger partial charge on any atom is 0.180 e. The number of rotatable bonds is 4. The summed E-state index contributed by atoms with van der Waals surface area (Å²) in [5.41, 5.74) is 1.55. The van der Waals surface area contributed by atoms with Gasteiger partial charge in [-0.2, -0.15) is 0 Å². The summed E-state index contributed by atoms with van der Waals surface area (Å²) in [6.45, 7) is 9.88. The van der Waals surface area contributed by atoms with E-state index in [1.54, 1.807) is 6.20 Å². The molecule has 0 fully saturated rings. The summed E-state index contributed by atoms with van der Waals surface area (Å²) in [6.07, 6.45) is 2.84. The molecule has 5 heteroatoms. The largest absolute Gasteiger partial charge is 0.382 e. The van der Waals surface area contributed by atoms with Crippen molar-refractivity contribution in [2.75, 3.05) is 13.2 Å². The van der Waals surface area contributed by atoms with Crippen LogP contribution in [0.5, 0.6) is 0 Å². The number of pyridine rings is 1. The third-order valence-corrected chi connectivity index (χ3v) is 3.29. The predicted octanol–water partition coefficient (Wildman–Crippen LogP) is 5.80.